The van der Waals surface area contributed by atoms with Gasteiger partial charge in [0.2, 0.25) is 5.91 Å². The average Bonchev–Trinajstić information content (AvgIpc) is 2.62. The van der Waals surface area contributed by atoms with Crippen molar-refractivity contribution in [3.8, 4) is 11.5 Å². The Labute approximate surface area is 146 Å². The van der Waals surface area contributed by atoms with E-state index in [0.29, 0.717) is 35.9 Å². The standard InChI is InChI=1S/C19H20N2O4/c1-13(22)14-7-8-18-16(11-14)21(9-10-25-18)12-19(23)20-15-5-3-4-6-17(15)24-2/h3-8,11H,9-10,12H2,1-2H3,(H,20,23). The van der Waals surface area contributed by atoms with Gasteiger partial charge in [-0.25, -0.2) is 0 Å². The highest BCUT2D eigenvalue weighted by molar-refractivity contribution is 5.97. The third-order valence-electron chi connectivity index (χ3n) is 4.04. The average molecular weight is 340 g/mol. The predicted molar refractivity (Wildman–Crippen MR) is 95.8 cm³/mol. The second-order valence-corrected chi connectivity index (χ2v) is 5.76. The van der Waals surface area contributed by atoms with Gasteiger partial charge < -0.3 is 19.7 Å². The van der Waals surface area contributed by atoms with Crippen LogP contribution < -0.4 is 19.7 Å². The summed E-state index contributed by atoms with van der Waals surface area (Å²) < 4.78 is 10.9. The van der Waals surface area contributed by atoms with Crippen LogP contribution in [0.25, 0.3) is 0 Å². The topological polar surface area (TPSA) is 67.9 Å². The van der Waals surface area contributed by atoms with Crippen LogP contribution in [0, 0.1) is 0 Å². The van der Waals surface area contributed by atoms with Crippen molar-refractivity contribution in [2.45, 2.75) is 6.92 Å². The molecule has 1 aliphatic heterocycles. The Hall–Kier alpha value is -3.02. The molecule has 0 saturated heterocycles. The Morgan fingerprint density at radius 2 is 2.04 bits per heavy atom. The summed E-state index contributed by atoms with van der Waals surface area (Å²) in [5, 5.41) is 2.86. The maximum Gasteiger partial charge on any atom is 0.243 e. The molecule has 0 aromatic heterocycles. The van der Waals surface area contributed by atoms with Crippen LogP contribution >= 0.6 is 0 Å². The van der Waals surface area contributed by atoms with E-state index in [9.17, 15) is 9.59 Å². The van der Waals surface area contributed by atoms with Crippen molar-refractivity contribution >= 4 is 23.1 Å². The molecule has 130 valence electrons. The highest BCUT2D eigenvalue weighted by atomic mass is 16.5. The smallest absolute Gasteiger partial charge is 0.243 e. The second-order valence-electron chi connectivity index (χ2n) is 5.76. The van der Waals surface area contributed by atoms with Crippen molar-refractivity contribution in [3.05, 3.63) is 48.0 Å². The Morgan fingerprint density at radius 3 is 2.80 bits per heavy atom. The molecule has 0 atom stereocenters. The van der Waals surface area contributed by atoms with E-state index in [1.165, 1.54) is 6.92 Å². The summed E-state index contributed by atoms with van der Waals surface area (Å²) >= 11 is 0. The molecule has 1 amide bonds. The van der Waals surface area contributed by atoms with Gasteiger partial charge in [0.15, 0.2) is 5.78 Å². The lowest BCUT2D eigenvalue weighted by atomic mass is 10.1. The normalized spacial score (nSPS) is 12.8. The largest absolute Gasteiger partial charge is 0.495 e. The van der Waals surface area contributed by atoms with E-state index < -0.39 is 0 Å². The summed E-state index contributed by atoms with van der Waals surface area (Å²) in [5.74, 6) is 1.11. The van der Waals surface area contributed by atoms with Crippen molar-refractivity contribution in [3.63, 3.8) is 0 Å². The zero-order valence-electron chi connectivity index (χ0n) is 14.2. The second kappa shape index (κ2) is 7.25. The third kappa shape index (κ3) is 3.74. The van der Waals surface area contributed by atoms with Gasteiger partial charge >= 0.3 is 0 Å². The van der Waals surface area contributed by atoms with Gasteiger partial charge in [-0.15, -0.1) is 0 Å². The number of carbonyl (C=O) groups is 2. The highest BCUT2D eigenvalue weighted by Gasteiger charge is 2.21. The van der Waals surface area contributed by atoms with Gasteiger partial charge in [-0.05, 0) is 37.3 Å². The zero-order chi connectivity index (χ0) is 17.8. The summed E-state index contributed by atoms with van der Waals surface area (Å²) in [6.45, 7) is 2.75. The zero-order valence-corrected chi connectivity index (χ0v) is 14.2. The minimum absolute atomic E-state index is 0.0215. The molecule has 2 aromatic rings. The first-order chi connectivity index (χ1) is 12.1. The lowest BCUT2D eigenvalue weighted by Gasteiger charge is -2.31. The minimum atomic E-state index is -0.162. The molecule has 1 heterocycles. The van der Waals surface area contributed by atoms with Crippen LogP contribution in [0.4, 0.5) is 11.4 Å². The number of para-hydroxylation sites is 2. The Bertz CT molecular complexity index is 804. The lowest BCUT2D eigenvalue weighted by molar-refractivity contribution is -0.115. The fourth-order valence-corrected chi connectivity index (χ4v) is 2.77. The Morgan fingerprint density at radius 1 is 1.24 bits per heavy atom. The SMILES string of the molecule is COc1ccccc1NC(=O)CN1CCOc2ccc(C(C)=O)cc21. The summed E-state index contributed by atoms with van der Waals surface area (Å²) in [5.41, 5.74) is 1.98. The Kier molecular flexibility index (Phi) is 4.88. The molecule has 0 aliphatic carbocycles. The number of anilines is 2. The number of hydrogen-bond acceptors (Lipinski definition) is 5. The molecule has 0 unspecified atom stereocenters. The van der Waals surface area contributed by atoms with Gasteiger partial charge in [0, 0.05) is 5.56 Å². The quantitative estimate of drug-likeness (QED) is 0.848. The predicted octanol–water partition coefficient (Wildman–Crippen LogP) is 2.74. The fourth-order valence-electron chi connectivity index (χ4n) is 2.77. The van der Waals surface area contributed by atoms with Crippen molar-refractivity contribution < 1.29 is 19.1 Å². The number of hydrogen-bond donors (Lipinski definition) is 1. The van der Waals surface area contributed by atoms with Crippen molar-refractivity contribution in [1.29, 1.82) is 0 Å². The number of fused-ring (bicyclic) bond motifs is 1. The summed E-state index contributed by atoms with van der Waals surface area (Å²) in [6, 6.07) is 12.5. The molecule has 2 aromatic carbocycles. The van der Waals surface area contributed by atoms with Crippen LogP contribution in [0.5, 0.6) is 11.5 Å². The number of nitrogens with one attached hydrogen (secondary N) is 1. The molecule has 0 spiro atoms. The number of Topliss-reactive ketones (excluding diaryl/α,β-unsaturated/α-hetero) is 1. The Balaban J connectivity index is 1.77. The highest BCUT2D eigenvalue weighted by Crippen LogP contribution is 2.32. The molecule has 0 bridgehead atoms. The molecule has 0 fully saturated rings. The number of ketones is 1. The van der Waals surface area contributed by atoms with Gasteiger partial charge in [-0.1, -0.05) is 12.1 Å². The molecule has 3 rings (SSSR count). The van der Waals surface area contributed by atoms with E-state index in [2.05, 4.69) is 5.32 Å². The van der Waals surface area contributed by atoms with E-state index in [4.69, 9.17) is 9.47 Å². The first-order valence-electron chi connectivity index (χ1n) is 8.04. The van der Waals surface area contributed by atoms with Crippen LogP contribution in [0.1, 0.15) is 17.3 Å². The number of methoxy groups -OCH3 is 1. The fraction of sp³-hybridized carbons (Fsp3) is 0.263. The number of rotatable bonds is 5. The molecule has 6 nitrogen and oxygen atoms in total. The molecular weight excluding hydrogens is 320 g/mol. The van der Waals surface area contributed by atoms with E-state index in [1.54, 1.807) is 37.4 Å². The van der Waals surface area contributed by atoms with Gasteiger partial charge in [0.05, 0.1) is 31.6 Å². The van der Waals surface area contributed by atoms with E-state index in [1.807, 2.05) is 17.0 Å². The summed E-state index contributed by atoms with van der Waals surface area (Å²) in [6.07, 6.45) is 0. The maximum atomic E-state index is 12.5. The summed E-state index contributed by atoms with van der Waals surface area (Å²) in [7, 11) is 1.56. The monoisotopic (exact) mass is 340 g/mol. The molecule has 0 radical (unpaired) electrons. The number of amides is 1. The number of carbonyl (C=O) groups excluding carboxylic acids is 2. The molecule has 1 aliphatic rings. The van der Waals surface area contributed by atoms with Crippen LogP contribution in [-0.4, -0.2) is 38.5 Å². The lowest BCUT2D eigenvalue weighted by Crippen LogP contribution is -2.39. The number of benzene rings is 2. The number of ether oxygens (including phenoxy) is 2. The minimum Gasteiger partial charge on any atom is -0.495 e. The van der Waals surface area contributed by atoms with Crippen LogP contribution in [0.2, 0.25) is 0 Å². The van der Waals surface area contributed by atoms with E-state index in [0.717, 1.165) is 5.69 Å². The summed E-state index contributed by atoms with van der Waals surface area (Å²) in [4.78, 5) is 26.0. The van der Waals surface area contributed by atoms with Gasteiger partial charge in [-0.2, -0.15) is 0 Å². The maximum absolute atomic E-state index is 12.5. The van der Waals surface area contributed by atoms with Gasteiger partial charge in [0.1, 0.15) is 18.1 Å². The first kappa shape index (κ1) is 16.8. The molecule has 25 heavy (non-hydrogen) atoms. The first-order valence-corrected chi connectivity index (χ1v) is 8.04. The van der Waals surface area contributed by atoms with Gasteiger partial charge in [-0.3, -0.25) is 9.59 Å². The third-order valence-corrected chi connectivity index (χ3v) is 4.04. The molecule has 1 N–H and O–H groups in total. The van der Waals surface area contributed by atoms with Crippen LogP contribution in [0.3, 0.4) is 0 Å². The molecular formula is C19H20N2O4. The van der Waals surface area contributed by atoms with Crippen molar-refractivity contribution in [2.24, 2.45) is 0 Å². The van der Waals surface area contributed by atoms with Crippen molar-refractivity contribution in [2.75, 3.05) is 37.0 Å². The molecule has 6 heteroatoms. The van der Waals surface area contributed by atoms with Gasteiger partial charge in [0.25, 0.3) is 0 Å². The van der Waals surface area contributed by atoms with E-state index >= 15 is 0 Å². The molecule has 0 saturated carbocycles. The van der Waals surface area contributed by atoms with Crippen LogP contribution in [-0.2, 0) is 4.79 Å². The van der Waals surface area contributed by atoms with E-state index in [-0.39, 0.29) is 18.2 Å². The number of nitrogens with zero attached hydrogens (tertiary/aromatic N) is 1. The van der Waals surface area contributed by atoms with Crippen molar-refractivity contribution in [1.82, 2.24) is 0 Å². The van der Waals surface area contributed by atoms with Crippen LogP contribution in [0.15, 0.2) is 42.5 Å².